The molecule has 1 atom stereocenters. The van der Waals surface area contributed by atoms with Gasteiger partial charge in [-0.3, -0.25) is 9.59 Å². The summed E-state index contributed by atoms with van der Waals surface area (Å²) in [5.41, 5.74) is 0. The Balaban J connectivity index is 2.45. The fourth-order valence-electron chi connectivity index (χ4n) is 1.33. The van der Waals surface area contributed by atoms with E-state index in [1.165, 1.54) is 7.11 Å². The Hall–Kier alpha value is -1.06. The molecule has 0 aliphatic carbocycles. The molecule has 1 heterocycles. The standard InChI is InChI=1S/C8H13NO3/c1-12-8(11)6-2-3-7(10)9-5-4-6/h6H,2-5H2,1H3,(H,9,10). The number of esters is 1. The van der Waals surface area contributed by atoms with Gasteiger partial charge in [0.15, 0.2) is 0 Å². The Labute approximate surface area is 71.3 Å². The van der Waals surface area contributed by atoms with Crippen LogP contribution in [0.5, 0.6) is 0 Å². The van der Waals surface area contributed by atoms with Crippen LogP contribution in [-0.4, -0.2) is 25.5 Å². The number of ether oxygens (including phenoxy) is 1. The van der Waals surface area contributed by atoms with Gasteiger partial charge in [-0.05, 0) is 12.8 Å². The SMILES string of the molecule is COC(=O)C1CCNC(=O)CC1. The fraction of sp³-hybridized carbons (Fsp3) is 0.750. The monoisotopic (exact) mass is 171 g/mol. The number of hydrogen-bond acceptors (Lipinski definition) is 3. The zero-order valence-electron chi connectivity index (χ0n) is 7.13. The van der Waals surface area contributed by atoms with E-state index >= 15 is 0 Å². The van der Waals surface area contributed by atoms with Crippen molar-refractivity contribution in [1.82, 2.24) is 5.32 Å². The molecule has 0 aromatic carbocycles. The first-order valence-electron chi connectivity index (χ1n) is 4.08. The van der Waals surface area contributed by atoms with Crippen molar-refractivity contribution in [1.29, 1.82) is 0 Å². The van der Waals surface area contributed by atoms with Crippen LogP contribution in [0.25, 0.3) is 0 Å². The van der Waals surface area contributed by atoms with Crippen molar-refractivity contribution in [2.45, 2.75) is 19.3 Å². The average Bonchev–Trinajstić information content (AvgIpc) is 2.29. The highest BCUT2D eigenvalue weighted by atomic mass is 16.5. The van der Waals surface area contributed by atoms with Gasteiger partial charge in [-0.1, -0.05) is 0 Å². The molecule has 1 N–H and O–H groups in total. The van der Waals surface area contributed by atoms with Gasteiger partial charge in [-0.25, -0.2) is 0 Å². The molecule has 1 rings (SSSR count). The Bertz CT molecular complexity index is 191. The minimum Gasteiger partial charge on any atom is -0.469 e. The molecule has 68 valence electrons. The molecular formula is C8H13NO3. The second-order valence-corrected chi connectivity index (χ2v) is 2.90. The third-order valence-corrected chi connectivity index (χ3v) is 2.07. The summed E-state index contributed by atoms with van der Waals surface area (Å²) in [6.07, 6.45) is 1.73. The van der Waals surface area contributed by atoms with Gasteiger partial charge in [-0.15, -0.1) is 0 Å². The predicted octanol–water partition coefficient (Wildman–Crippen LogP) is 0.0757. The molecule has 0 spiro atoms. The fourth-order valence-corrected chi connectivity index (χ4v) is 1.33. The average molecular weight is 171 g/mol. The molecule has 4 heteroatoms. The molecule has 0 aromatic rings. The van der Waals surface area contributed by atoms with Crippen molar-refractivity contribution >= 4 is 11.9 Å². The van der Waals surface area contributed by atoms with Crippen molar-refractivity contribution < 1.29 is 14.3 Å². The quantitative estimate of drug-likeness (QED) is 0.568. The minimum absolute atomic E-state index is 0.0291. The molecule has 1 aliphatic heterocycles. The van der Waals surface area contributed by atoms with E-state index in [1.54, 1.807) is 0 Å². The Morgan fingerprint density at radius 1 is 1.58 bits per heavy atom. The number of rotatable bonds is 1. The van der Waals surface area contributed by atoms with E-state index in [9.17, 15) is 9.59 Å². The van der Waals surface area contributed by atoms with Crippen molar-refractivity contribution in [3.8, 4) is 0 Å². The van der Waals surface area contributed by atoms with Crippen LogP contribution in [0, 0.1) is 5.92 Å². The zero-order valence-corrected chi connectivity index (χ0v) is 7.13. The lowest BCUT2D eigenvalue weighted by atomic mass is 10.0. The third kappa shape index (κ3) is 2.22. The van der Waals surface area contributed by atoms with Crippen LogP contribution in [0.2, 0.25) is 0 Å². The maximum absolute atomic E-state index is 11.1. The molecule has 0 aromatic heterocycles. The molecule has 12 heavy (non-hydrogen) atoms. The van der Waals surface area contributed by atoms with E-state index in [1.807, 2.05) is 0 Å². The first kappa shape index (κ1) is 9.03. The summed E-state index contributed by atoms with van der Waals surface area (Å²) in [5.74, 6) is -0.276. The topological polar surface area (TPSA) is 55.4 Å². The number of carbonyl (C=O) groups is 2. The van der Waals surface area contributed by atoms with Gasteiger partial charge in [0.1, 0.15) is 0 Å². The second-order valence-electron chi connectivity index (χ2n) is 2.90. The van der Waals surface area contributed by atoms with E-state index < -0.39 is 0 Å². The largest absolute Gasteiger partial charge is 0.469 e. The lowest BCUT2D eigenvalue weighted by Crippen LogP contribution is -2.22. The van der Waals surface area contributed by atoms with Gasteiger partial charge in [0.25, 0.3) is 0 Å². The Morgan fingerprint density at radius 3 is 3.00 bits per heavy atom. The Morgan fingerprint density at radius 2 is 2.33 bits per heavy atom. The number of hydrogen-bond donors (Lipinski definition) is 1. The normalized spacial score (nSPS) is 24.1. The van der Waals surface area contributed by atoms with Crippen molar-refractivity contribution in [3.05, 3.63) is 0 Å². The van der Waals surface area contributed by atoms with Gasteiger partial charge in [0.2, 0.25) is 5.91 Å². The highest BCUT2D eigenvalue weighted by Crippen LogP contribution is 2.14. The van der Waals surface area contributed by atoms with Gasteiger partial charge >= 0.3 is 5.97 Å². The van der Waals surface area contributed by atoms with Crippen LogP contribution in [0.3, 0.4) is 0 Å². The van der Waals surface area contributed by atoms with Gasteiger partial charge in [-0.2, -0.15) is 0 Å². The molecule has 1 saturated heterocycles. The molecule has 0 radical (unpaired) electrons. The van der Waals surface area contributed by atoms with Crippen LogP contribution in [0.15, 0.2) is 0 Å². The molecule has 0 saturated carbocycles. The van der Waals surface area contributed by atoms with Gasteiger partial charge < -0.3 is 10.1 Å². The number of nitrogens with one attached hydrogen (secondary N) is 1. The van der Waals surface area contributed by atoms with Crippen LogP contribution in [-0.2, 0) is 14.3 Å². The Kier molecular flexibility index (Phi) is 3.08. The third-order valence-electron chi connectivity index (χ3n) is 2.07. The second kappa shape index (κ2) is 4.09. The maximum atomic E-state index is 11.1. The highest BCUT2D eigenvalue weighted by molar-refractivity contribution is 5.78. The van der Waals surface area contributed by atoms with E-state index in [-0.39, 0.29) is 17.8 Å². The van der Waals surface area contributed by atoms with E-state index in [2.05, 4.69) is 10.1 Å². The summed E-state index contributed by atoms with van der Waals surface area (Å²) in [6, 6.07) is 0. The van der Waals surface area contributed by atoms with Gasteiger partial charge in [0.05, 0.1) is 13.0 Å². The van der Waals surface area contributed by atoms with Crippen molar-refractivity contribution in [3.63, 3.8) is 0 Å². The molecule has 4 nitrogen and oxygen atoms in total. The lowest BCUT2D eigenvalue weighted by molar-refractivity contribution is -0.145. The van der Waals surface area contributed by atoms with E-state index in [0.29, 0.717) is 25.8 Å². The summed E-state index contributed by atoms with van der Waals surface area (Å²) in [4.78, 5) is 21.9. The number of amides is 1. The van der Waals surface area contributed by atoms with Crippen molar-refractivity contribution in [2.75, 3.05) is 13.7 Å². The molecular weight excluding hydrogens is 158 g/mol. The first-order chi connectivity index (χ1) is 5.74. The summed E-state index contributed by atoms with van der Waals surface area (Å²) in [6.45, 7) is 0.582. The van der Waals surface area contributed by atoms with Gasteiger partial charge in [0, 0.05) is 13.0 Å². The lowest BCUT2D eigenvalue weighted by Gasteiger charge is -2.08. The first-order valence-corrected chi connectivity index (χ1v) is 4.08. The van der Waals surface area contributed by atoms with Crippen molar-refractivity contribution in [2.24, 2.45) is 5.92 Å². The predicted molar refractivity (Wildman–Crippen MR) is 42.4 cm³/mol. The molecule has 1 amide bonds. The van der Waals surface area contributed by atoms with Crippen LogP contribution >= 0.6 is 0 Å². The highest BCUT2D eigenvalue weighted by Gasteiger charge is 2.22. The smallest absolute Gasteiger partial charge is 0.308 e. The number of carbonyl (C=O) groups excluding carboxylic acids is 2. The molecule has 1 aliphatic rings. The number of methoxy groups -OCH3 is 1. The van der Waals surface area contributed by atoms with E-state index in [4.69, 9.17) is 0 Å². The minimum atomic E-state index is -0.202. The summed E-state index contributed by atoms with van der Waals surface area (Å²) in [7, 11) is 1.38. The molecule has 1 unspecified atom stereocenters. The molecule has 0 bridgehead atoms. The van der Waals surface area contributed by atoms with Crippen LogP contribution < -0.4 is 5.32 Å². The van der Waals surface area contributed by atoms with Crippen LogP contribution in [0.1, 0.15) is 19.3 Å². The molecule has 1 fully saturated rings. The summed E-state index contributed by atoms with van der Waals surface area (Å²) < 4.78 is 4.60. The summed E-state index contributed by atoms with van der Waals surface area (Å²) >= 11 is 0. The zero-order chi connectivity index (χ0) is 8.97. The van der Waals surface area contributed by atoms with E-state index in [0.717, 1.165) is 0 Å². The van der Waals surface area contributed by atoms with Crippen LogP contribution in [0.4, 0.5) is 0 Å². The maximum Gasteiger partial charge on any atom is 0.308 e. The summed E-state index contributed by atoms with van der Waals surface area (Å²) in [5, 5.41) is 2.71.